The maximum Gasteiger partial charge on any atom is 0.338 e. The second-order valence-corrected chi connectivity index (χ2v) is 7.36. The molecule has 1 N–H and O–H groups in total. The van der Waals surface area contributed by atoms with E-state index in [1.807, 2.05) is 13.8 Å². The van der Waals surface area contributed by atoms with E-state index >= 15 is 0 Å². The molecule has 0 aliphatic carbocycles. The van der Waals surface area contributed by atoms with Gasteiger partial charge in [0, 0.05) is 17.8 Å². The van der Waals surface area contributed by atoms with Gasteiger partial charge in [0.25, 0.3) is 5.91 Å². The summed E-state index contributed by atoms with van der Waals surface area (Å²) in [6.07, 6.45) is 0. The Hall–Kier alpha value is -3.72. The first-order valence-electron chi connectivity index (χ1n) is 9.88. The van der Waals surface area contributed by atoms with E-state index in [1.165, 1.54) is 21.3 Å². The number of anilines is 1. The average molecular weight is 474 g/mol. The minimum absolute atomic E-state index is 0.298. The zero-order valence-corrected chi connectivity index (χ0v) is 19.6. The fraction of sp³-hybridized carbons (Fsp3) is 0.261. The van der Waals surface area contributed by atoms with Gasteiger partial charge in [-0.05, 0) is 38.1 Å². The molecule has 33 heavy (non-hydrogen) atoms. The molecular weight excluding hydrogens is 450 g/mol. The maximum absolute atomic E-state index is 12.4. The number of nitrogens with one attached hydrogen (secondary N) is 1. The van der Waals surface area contributed by atoms with Crippen LogP contribution in [0, 0.1) is 13.8 Å². The van der Waals surface area contributed by atoms with Crippen molar-refractivity contribution in [1.82, 2.24) is 9.78 Å². The number of carbonyl (C=O) groups excluding carboxylic acids is 2. The van der Waals surface area contributed by atoms with Crippen LogP contribution < -0.4 is 19.5 Å². The van der Waals surface area contributed by atoms with Crippen LogP contribution >= 0.6 is 11.6 Å². The van der Waals surface area contributed by atoms with Gasteiger partial charge in [-0.3, -0.25) is 4.79 Å². The molecule has 2 aromatic carbocycles. The number of nitrogens with zero attached hydrogens (tertiary/aromatic N) is 2. The Balaban J connectivity index is 1.63. The normalized spacial score (nSPS) is 10.5. The lowest BCUT2D eigenvalue weighted by molar-refractivity contribution is -0.119. The molecule has 1 amide bonds. The molecule has 3 aromatic rings. The van der Waals surface area contributed by atoms with Crippen LogP contribution in [-0.2, 0) is 9.53 Å². The van der Waals surface area contributed by atoms with E-state index in [9.17, 15) is 9.59 Å². The molecule has 0 aliphatic heterocycles. The topological polar surface area (TPSA) is 101 Å². The molecule has 0 saturated carbocycles. The van der Waals surface area contributed by atoms with Crippen LogP contribution in [0.1, 0.15) is 21.7 Å². The molecule has 1 heterocycles. The number of amides is 1. The molecule has 0 atom stereocenters. The Kier molecular flexibility index (Phi) is 7.44. The van der Waals surface area contributed by atoms with E-state index < -0.39 is 18.5 Å². The smallest absolute Gasteiger partial charge is 0.338 e. The number of hydrogen-bond donors (Lipinski definition) is 1. The Bertz CT molecular complexity index is 1150. The van der Waals surface area contributed by atoms with Crippen LogP contribution in [0.15, 0.2) is 36.4 Å². The van der Waals surface area contributed by atoms with Crippen molar-refractivity contribution >= 4 is 29.2 Å². The number of carbonyl (C=O) groups is 2. The van der Waals surface area contributed by atoms with Gasteiger partial charge in [-0.15, -0.1) is 0 Å². The monoisotopic (exact) mass is 473 g/mol. The summed E-state index contributed by atoms with van der Waals surface area (Å²) in [4.78, 5) is 24.6. The summed E-state index contributed by atoms with van der Waals surface area (Å²) in [5.74, 6) is 0.0106. The first-order valence-corrected chi connectivity index (χ1v) is 10.3. The van der Waals surface area contributed by atoms with Crippen LogP contribution in [0.3, 0.4) is 0 Å². The van der Waals surface area contributed by atoms with Crippen molar-refractivity contribution in [3.63, 3.8) is 0 Å². The molecule has 174 valence electrons. The predicted octanol–water partition coefficient (Wildman–Crippen LogP) is 3.96. The number of esters is 1. The van der Waals surface area contributed by atoms with E-state index in [1.54, 1.807) is 41.1 Å². The SMILES string of the molecule is COc1cc(NC(=O)COC(=O)c2ccc(-n3nc(C)c(Cl)c3C)cc2)cc(OC)c1OC. The van der Waals surface area contributed by atoms with Crippen molar-refractivity contribution < 1.29 is 28.5 Å². The third kappa shape index (κ3) is 5.20. The van der Waals surface area contributed by atoms with Crippen molar-refractivity contribution in [3.05, 3.63) is 58.4 Å². The van der Waals surface area contributed by atoms with Crippen molar-refractivity contribution in [2.45, 2.75) is 13.8 Å². The predicted molar refractivity (Wildman–Crippen MR) is 123 cm³/mol. The molecule has 0 unspecified atom stereocenters. The zero-order chi connectivity index (χ0) is 24.1. The highest BCUT2D eigenvalue weighted by Gasteiger charge is 2.16. The number of hydrogen-bond acceptors (Lipinski definition) is 7. The third-order valence-electron chi connectivity index (χ3n) is 4.83. The lowest BCUT2D eigenvalue weighted by atomic mass is 10.2. The minimum Gasteiger partial charge on any atom is -0.493 e. The molecule has 9 nitrogen and oxygen atoms in total. The van der Waals surface area contributed by atoms with Crippen molar-refractivity contribution in [1.29, 1.82) is 0 Å². The van der Waals surface area contributed by atoms with Gasteiger partial charge in [0.15, 0.2) is 18.1 Å². The molecule has 1 aromatic heterocycles. The number of ether oxygens (including phenoxy) is 4. The standard InChI is InChI=1S/C23H24ClN3O6/c1-13-21(24)14(2)27(26-13)17-8-6-15(7-9-17)23(29)33-12-20(28)25-16-10-18(30-3)22(32-5)19(11-16)31-4/h6-11H,12H2,1-5H3,(H,25,28). The van der Waals surface area contributed by atoms with Gasteiger partial charge in [0.1, 0.15) is 0 Å². The van der Waals surface area contributed by atoms with Gasteiger partial charge in [-0.1, -0.05) is 11.6 Å². The van der Waals surface area contributed by atoms with Crippen LogP contribution in [0.4, 0.5) is 5.69 Å². The van der Waals surface area contributed by atoms with Crippen molar-refractivity contribution in [2.75, 3.05) is 33.3 Å². The Morgan fingerprint density at radius 3 is 2.09 bits per heavy atom. The molecule has 0 bridgehead atoms. The van der Waals surface area contributed by atoms with E-state index in [0.717, 1.165) is 17.1 Å². The Morgan fingerprint density at radius 1 is 1.00 bits per heavy atom. The summed E-state index contributed by atoms with van der Waals surface area (Å²) >= 11 is 6.19. The molecular formula is C23H24ClN3O6. The first kappa shape index (κ1) is 23.9. The summed E-state index contributed by atoms with van der Waals surface area (Å²) in [5.41, 5.74) is 2.97. The van der Waals surface area contributed by atoms with E-state index in [-0.39, 0.29) is 0 Å². The summed E-state index contributed by atoms with van der Waals surface area (Å²) in [7, 11) is 4.43. The zero-order valence-electron chi connectivity index (χ0n) is 18.9. The fourth-order valence-corrected chi connectivity index (χ4v) is 3.30. The molecule has 0 radical (unpaired) electrons. The van der Waals surface area contributed by atoms with Crippen LogP contribution in [-0.4, -0.2) is 49.6 Å². The highest BCUT2D eigenvalue weighted by atomic mass is 35.5. The number of methoxy groups -OCH3 is 3. The number of aromatic nitrogens is 2. The van der Waals surface area contributed by atoms with E-state index in [2.05, 4.69) is 10.4 Å². The van der Waals surface area contributed by atoms with Gasteiger partial charge in [0.2, 0.25) is 5.75 Å². The highest BCUT2D eigenvalue weighted by molar-refractivity contribution is 6.31. The van der Waals surface area contributed by atoms with Crippen LogP contribution in [0.5, 0.6) is 17.2 Å². The second kappa shape index (κ2) is 10.3. The van der Waals surface area contributed by atoms with Gasteiger partial charge in [-0.25, -0.2) is 9.48 Å². The quantitative estimate of drug-likeness (QED) is 0.494. The third-order valence-corrected chi connectivity index (χ3v) is 5.38. The van der Waals surface area contributed by atoms with Gasteiger partial charge < -0.3 is 24.3 Å². The molecule has 0 aliphatic rings. The van der Waals surface area contributed by atoms with Crippen molar-refractivity contribution in [2.24, 2.45) is 0 Å². The summed E-state index contributed by atoms with van der Waals surface area (Å²) in [6.45, 7) is 3.21. The van der Waals surface area contributed by atoms with Gasteiger partial charge >= 0.3 is 5.97 Å². The van der Waals surface area contributed by atoms with Crippen LogP contribution in [0.2, 0.25) is 5.02 Å². The largest absolute Gasteiger partial charge is 0.493 e. The lowest BCUT2D eigenvalue weighted by Gasteiger charge is -2.14. The van der Waals surface area contributed by atoms with Gasteiger partial charge in [-0.2, -0.15) is 5.10 Å². The molecule has 0 fully saturated rings. The number of benzene rings is 2. The number of aryl methyl sites for hydroxylation is 1. The molecule has 10 heteroatoms. The number of rotatable bonds is 8. The Labute approximate surface area is 196 Å². The van der Waals surface area contributed by atoms with Crippen LogP contribution in [0.25, 0.3) is 5.69 Å². The van der Waals surface area contributed by atoms with Gasteiger partial charge in [0.05, 0.1) is 49.0 Å². The minimum atomic E-state index is -0.631. The van der Waals surface area contributed by atoms with E-state index in [4.69, 9.17) is 30.5 Å². The molecule has 3 rings (SSSR count). The van der Waals surface area contributed by atoms with E-state index in [0.29, 0.717) is 33.5 Å². The average Bonchev–Trinajstić information content (AvgIpc) is 3.09. The number of halogens is 1. The second-order valence-electron chi connectivity index (χ2n) is 6.98. The van der Waals surface area contributed by atoms with Crippen molar-refractivity contribution in [3.8, 4) is 22.9 Å². The summed E-state index contributed by atoms with van der Waals surface area (Å²) < 4.78 is 22.6. The summed E-state index contributed by atoms with van der Waals surface area (Å²) in [6, 6.07) is 9.79. The fourth-order valence-electron chi connectivity index (χ4n) is 3.18. The summed E-state index contributed by atoms with van der Waals surface area (Å²) in [5, 5.41) is 7.61. The molecule has 0 saturated heterocycles. The lowest BCUT2D eigenvalue weighted by Crippen LogP contribution is -2.21. The Morgan fingerprint density at radius 2 is 1.61 bits per heavy atom. The first-order chi connectivity index (χ1) is 15.8. The molecule has 0 spiro atoms. The maximum atomic E-state index is 12.4. The highest BCUT2D eigenvalue weighted by Crippen LogP contribution is 2.39.